The van der Waals surface area contributed by atoms with Crippen LogP contribution in [-0.4, -0.2) is 85.1 Å². The van der Waals surface area contributed by atoms with Crippen LogP contribution < -0.4 is 9.47 Å². The zero-order valence-electron chi connectivity index (χ0n) is 38.2. The van der Waals surface area contributed by atoms with Gasteiger partial charge in [0.05, 0.1) is 24.8 Å². The molecular formula is C51H76N2O8S. The van der Waals surface area contributed by atoms with Crippen molar-refractivity contribution in [1.29, 1.82) is 0 Å². The molecule has 1 aliphatic heterocycles. The van der Waals surface area contributed by atoms with Crippen molar-refractivity contribution in [1.82, 2.24) is 4.90 Å². The molecular weight excluding hydrogens is 801 g/mol. The molecule has 0 aromatic heterocycles. The Hall–Kier alpha value is -3.51. The first-order chi connectivity index (χ1) is 30.4. The van der Waals surface area contributed by atoms with Crippen molar-refractivity contribution >= 4 is 23.6 Å². The van der Waals surface area contributed by atoms with Crippen molar-refractivity contribution in [3.8, 4) is 17.2 Å². The van der Waals surface area contributed by atoms with Gasteiger partial charge in [-0.1, -0.05) is 102 Å². The number of unbranched alkanes of at least 4 members (excludes halogenated alkanes) is 11. The lowest BCUT2D eigenvalue weighted by Gasteiger charge is -2.59. The molecule has 0 saturated heterocycles. The van der Waals surface area contributed by atoms with Gasteiger partial charge >= 0.3 is 6.09 Å². The van der Waals surface area contributed by atoms with Gasteiger partial charge in [0.25, 0.3) is 0 Å². The predicted molar refractivity (Wildman–Crippen MR) is 250 cm³/mol. The highest BCUT2D eigenvalue weighted by Crippen LogP contribution is 2.62. The van der Waals surface area contributed by atoms with Crippen molar-refractivity contribution < 1.29 is 38.8 Å². The average Bonchev–Trinajstić information content (AvgIpc) is 3.28. The number of aliphatic hydroxyl groups excluding tert-OH is 2. The van der Waals surface area contributed by atoms with E-state index in [0.29, 0.717) is 50.3 Å². The van der Waals surface area contributed by atoms with E-state index in [0.717, 1.165) is 72.4 Å². The Labute approximate surface area is 376 Å². The fraction of sp³-hybridized carbons (Fsp3) is 0.647. The molecule has 2 aromatic rings. The Morgan fingerprint density at radius 2 is 1.58 bits per heavy atom. The number of hydrogen-bond donors (Lipinski definition) is 2. The summed E-state index contributed by atoms with van der Waals surface area (Å²) in [5, 5.41) is 24.5. The van der Waals surface area contributed by atoms with Crippen LogP contribution in [0.2, 0.25) is 0 Å². The predicted octanol–water partition coefficient (Wildman–Crippen LogP) is 12.2. The number of nitrogens with zero attached hydrogens (tertiary/aromatic N) is 2. The first kappa shape index (κ1) is 49.5. The third kappa shape index (κ3) is 12.8. The van der Waals surface area contributed by atoms with E-state index < -0.39 is 11.8 Å². The van der Waals surface area contributed by atoms with E-state index in [1.54, 1.807) is 24.9 Å². The third-order valence-electron chi connectivity index (χ3n) is 12.9. The second-order valence-corrected chi connectivity index (χ2v) is 18.1. The number of amides is 1. The summed E-state index contributed by atoms with van der Waals surface area (Å²) in [6.45, 7) is 9.64. The average molecular weight is 877 g/mol. The molecule has 1 heterocycles. The summed E-state index contributed by atoms with van der Waals surface area (Å²) in [6, 6.07) is 13.5. The van der Waals surface area contributed by atoms with Gasteiger partial charge in [-0.3, -0.25) is 4.90 Å². The molecule has 1 fully saturated rings. The number of ether oxygens (including phenoxy) is 4. The van der Waals surface area contributed by atoms with Crippen molar-refractivity contribution in [2.75, 3.05) is 46.3 Å². The fourth-order valence-electron chi connectivity index (χ4n) is 10.0. The summed E-state index contributed by atoms with van der Waals surface area (Å²) in [5.74, 6) is 0.539. The van der Waals surface area contributed by atoms with Crippen LogP contribution in [0.1, 0.15) is 141 Å². The standard InChI is InChI=1S/C51H76N2O8S/c1-6-9-10-11-12-13-14-15-16-21-34-58-50(56)53(30-7-2)47-37-45(52-57-4)43-35-38(22-17-19-31-54)42(23-18-20-32-55)48-44-36-40(60-39-24-27-41(62-5)28-25-39)26-29-46(44)61-51(47,49(43)48)59-33-8-3/h8,24-29,35-36,38,42,47-49,54-55H,3,6-7,9-23,30-34,37H2,1-2,4-5H3/t38-,42+,47-,48+,49+,51+/m0/s1. The highest BCUT2D eigenvalue weighted by Gasteiger charge is 2.65. The molecule has 1 amide bonds. The minimum atomic E-state index is -1.32. The molecule has 2 N–H and O–H groups in total. The second kappa shape index (κ2) is 26.3. The zero-order valence-corrected chi connectivity index (χ0v) is 39.0. The van der Waals surface area contributed by atoms with Crippen LogP contribution in [0.15, 0.2) is 76.8 Å². The number of hydrogen-bond acceptors (Lipinski definition) is 10. The van der Waals surface area contributed by atoms with Gasteiger partial charge in [0.1, 0.15) is 30.4 Å². The molecule has 1 saturated carbocycles. The lowest BCUT2D eigenvalue weighted by atomic mass is 9.55. The molecule has 0 bridgehead atoms. The minimum absolute atomic E-state index is 0.116. The Bertz CT molecular complexity index is 1720. The number of thioether (sulfide) groups is 1. The van der Waals surface area contributed by atoms with Gasteiger partial charge in [-0.2, -0.15) is 0 Å². The van der Waals surface area contributed by atoms with E-state index >= 15 is 0 Å². The SMILES string of the molecule is C=CCO[C@@]12Oc3ccc(Oc4ccc(SC)cc4)cc3[C@H]3[C@H](CCCCO)[C@@H](CCCCO)C=C(C(=NOC)C[C@@H]1N(CCC)C(=O)OCCCCCCCCCCCC)[C@H]32. The summed E-state index contributed by atoms with van der Waals surface area (Å²) < 4.78 is 27.1. The highest BCUT2D eigenvalue weighted by atomic mass is 32.2. The molecule has 3 aliphatic rings. The number of carbonyl (C=O) groups excluding carboxylic acids is 1. The molecule has 6 atom stereocenters. The van der Waals surface area contributed by atoms with Crippen molar-refractivity contribution in [3.05, 3.63) is 72.3 Å². The maximum atomic E-state index is 14.5. The molecule has 11 heteroatoms. The summed E-state index contributed by atoms with van der Waals surface area (Å²) in [7, 11) is 1.57. The Morgan fingerprint density at radius 3 is 2.23 bits per heavy atom. The van der Waals surface area contributed by atoms with Gasteiger partial charge in [0, 0.05) is 42.6 Å². The minimum Gasteiger partial charge on any atom is -0.459 e. The lowest BCUT2D eigenvalue weighted by Crippen LogP contribution is -2.70. The smallest absolute Gasteiger partial charge is 0.410 e. The van der Waals surface area contributed by atoms with Gasteiger partial charge in [0.15, 0.2) is 0 Å². The van der Waals surface area contributed by atoms with Crippen LogP contribution >= 0.6 is 11.8 Å². The number of oxime groups is 1. The number of benzene rings is 2. The van der Waals surface area contributed by atoms with Crippen molar-refractivity contribution in [2.24, 2.45) is 22.9 Å². The summed E-state index contributed by atoms with van der Waals surface area (Å²) >= 11 is 1.69. The van der Waals surface area contributed by atoms with E-state index in [2.05, 4.69) is 51.0 Å². The van der Waals surface area contributed by atoms with E-state index in [1.807, 2.05) is 29.2 Å². The van der Waals surface area contributed by atoms with E-state index in [4.69, 9.17) is 28.9 Å². The van der Waals surface area contributed by atoms with Crippen LogP contribution in [0.5, 0.6) is 17.2 Å². The third-order valence-corrected chi connectivity index (χ3v) is 13.7. The molecule has 62 heavy (non-hydrogen) atoms. The van der Waals surface area contributed by atoms with Crippen LogP contribution in [-0.2, 0) is 14.3 Å². The second-order valence-electron chi connectivity index (χ2n) is 17.2. The first-order valence-electron chi connectivity index (χ1n) is 23.8. The van der Waals surface area contributed by atoms with Gasteiger partial charge in [0.2, 0.25) is 5.79 Å². The number of fused-ring (bicyclic) bond motifs is 2. The van der Waals surface area contributed by atoms with Gasteiger partial charge in [-0.15, -0.1) is 18.3 Å². The molecule has 0 unspecified atom stereocenters. The molecule has 2 aliphatic carbocycles. The number of rotatable bonds is 29. The Balaban J connectivity index is 1.55. The zero-order chi connectivity index (χ0) is 44.2. The van der Waals surface area contributed by atoms with Crippen LogP contribution in [0.25, 0.3) is 0 Å². The number of allylic oxidation sites excluding steroid dienone is 1. The molecule has 344 valence electrons. The Kier molecular flexibility index (Phi) is 21.0. The van der Waals surface area contributed by atoms with E-state index in [1.165, 1.54) is 44.9 Å². The summed E-state index contributed by atoms with van der Waals surface area (Å²) in [4.78, 5) is 23.0. The molecule has 2 aromatic carbocycles. The van der Waals surface area contributed by atoms with Gasteiger partial charge in [-0.25, -0.2) is 4.79 Å². The van der Waals surface area contributed by atoms with Crippen LogP contribution in [0.4, 0.5) is 4.79 Å². The highest BCUT2D eigenvalue weighted by molar-refractivity contribution is 7.98. The van der Waals surface area contributed by atoms with Crippen LogP contribution in [0.3, 0.4) is 0 Å². The topological polar surface area (TPSA) is 119 Å². The van der Waals surface area contributed by atoms with E-state index in [-0.39, 0.29) is 49.6 Å². The van der Waals surface area contributed by atoms with Gasteiger partial charge in [-0.05, 0) is 105 Å². The van der Waals surface area contributed by atoms with Crippen molar-refractivity contribution in [2.45, 2.75) is 152 Å². The Morgan fingerprint density at radius 1 is 0.903 bits per heavy atom. The molecule has 5 rings (SSSR count). The monoisotopic (exact) mass is 877 g/mol. The maximum Gasteiger partial charge on any atom is 0.410 e. The maximum absolute atomic E-state index is 14.5. The summed E-state index contributed by atoms with van der Waals surface area (Å²) in [5.41, 5.74) is 2.79. The normalized spacial score (nSPS) is 23.2. The van der Waals surface area contributed by atoms with Crippen LogP contribution in [0, 0.1) is 17.8 Å². The summed E-state index contributed by atoms with van der Waals surface area (Å²) in [6.07, 6.45) is 23.7. The fourth-order valence-corrected chi connectivity index (χ4v) is 10.5. The number of carbonyl (C=O) groups is 1. The first-order valence-corrected chi connectivity index (χ1v) is 25.0. The van der Waals surface area contributed by atoms with Gasteiger partial charge < -0.3 is 34.0 Å². The quantitative estimate of drug-likeness (QED) is 0.0356. The largest absolute Gasteiger partial charge is 0.459 e. The van der Waals surface area contributed by atoms with E-state index in [9.17, 15) is 15.0 Å². The molecule has 10 nitrogen and oxygen atoms in total. The molecule has 0 radical (unpaired) electrons. The number of aliphatic hydroxyl groups is 2. The van der Waals surface area contributed by atoms with Crippen molar-refractivity contribution in [3.63, 3.8) is 0 Å². The molecule has 0 spiro atoms. The lowest BCUT2D eigenvalue weighted by molar-refractivity contribution is -0.255.